The molecule has 0 unspecified atom stereocenters. The minimum Gasteiger partial charge on any atom is -0.378 e. The van der Waals surface area contributed by atoms with Gasteiger partial charge >= 0.3 is 6.03 Å². The van der Waals surface area contributed by atoms with Crippen molar-refractivity contribution in [2.75, 3.05) is 67.6 Å². The van der Waals surface area contributed by atoms with Crippen LogP contribution in [-0.2, 0) is 4.74 Å². The van der Waals surface area contributed by atoms with E-state index in [4.69, 9.17) is 4.74 Å². The maximum Gasteiger partial charge on any atom is 0.321 e. The maximum atomic E-state index is 12.6. The Balaban J connectivity index is 1.34. The zero-order valence-corrected chi connectivity index (χ0v) is 17.1. The van der Waals surface area contributed by atoms with Gasteiger partial charge in [0.15, 0.2) is 5.82 Å². The van der Waals surface area contributed by atoms with Crippen LogP contribution in [-0.4, -0.2) is 73.6 Å². The lowest BCUT2D eigenvalue weighted by Gasteiger charge is -2.36. The minimum absolute atomic E-state index is 0.0465. The quantitative estimate of drug-likeness (QED) is 0.858. The van der Waals surface area contributed by atoms with Gasteiger partial charge in [0.05, 0.1) is 25.1 Å². The van der Waals surface area contributed by atoms with Crippen LogP contribution in [0.5, 0.6) is 0 Å². The predicted molar refractivity (Wildman–Crippen MR) is 114 cm³/mol. The van der Waals surface area contributed by atoms with Gasteiger partial charge in [0, 0.05) is 51.0 Å². The highest BCUT2D eigenvalue weighted by atomic mass is 16.5. The first-order chi connectivity index (χ1) is 14.1. The number of carbonyl (C=O) groups is 1. The number of amides is 2. The molecule has 0 spiro atoms. The van der Waals surface area contributed by atoms with E-state index in [9.17, 15) is 4.79 Å². The monoisotopic (exact) mass is 396 g/mol. The molecule has 2 aliphatic heterocycles. The van der Waals surface area contributed by atoms with Crippen molar-refractivity contribution in [3.63, 3.8) is 0 Å². The lowest BCUT2D eigenvalue weighted by Crippen LogP contribution is -2.50. The Morgan fingerprint density at radius 1 is 0.966 bits per heavy atom. The van der Waals surface area contributed by atoms with Crippen molar-refractivity contribution in [2.45, 2.75) is 13.8 Å². The largest absolute Gasteiger partial charge is 0.378 e. The lowest BCUT2D eigenvalue weighted by atomic mass is 10.1. The van der Waals surface area contributed by atoms with Crippen LogP contribution < -0.4 is 15.1 Å². The number of urea groups is 1. The summed E-state index contributed by atoms with van der Waals surface area (Å²) in [5.41, 5.74) is 4.29. The van der Waals surface area contributed by atoms with Gasteiger partial charge < -0.3 is 24.8 Å². The molecular formula is C21H28N6O2. The molecule has 1 aromatic heterocycles. The minimum atomic E-state index is -0.0465. The standard InChI is InChI=1S/C21H28N6O2/c1-16-3-4-18(13-17(16)2)23-21(28)27-7-5-25(6-8-27)19-14-20(24-22-15-19)26-9-11-29-12-10-26/h3-4,13-15H,5-12H2,1-2H3,(H,23,28). The van der Waals surface area contributed by atoms with Gasteiger partial charge in [-0.25, -0.2) is 4.79 Å². The molecule has 2 aromatic rings. The van der Waals surface area contributed by atoms with E-state index in [0.29, 0.717) is 13.1 Å². The summed E-state index contributed by atoms with van der Waals surface area (Å²) in [7, 11) is 0. The van der Waals surface area contributed by atoms with Crippen LogP contribution in [0.3, 0.4) is 0 Å². The van der Waals surface area contributed by atoms with Crippen molar-refractivity contribution < 1.29 is 9.53 Å². The van der Waals surface area contributed by atoms with E-state index in [2.05, 4.69) is 45.2 Å². The van der Waals surface area contributed by atoms with Crippen LogP contribution in [0.15, 0.2) is 30.5 Å². The third-order valence-electron chi connectivity index (χ3n) is 5.65. The summed E-state index contributed by atoms with van der Waals surface area (Å²) in [6, 6.07) is 8.04. The second-order valence-corrected chi connectivity index (χ2v) is 7.57. The molecule has 0 saturated carbocycles. The number of aromatic nitrogens is 2. The number of benzene rings is 1. The highest BCUT2D eigenvalue weighted by molar-refractivity contribution is 5.89. The van der Waals surface area contributed by atoms with Crippen molar-refractivity contribution >= 4 is 23.2 Å². The van der Waals surface area contributed by atoms with Gasteiger partial charge in [-0.2, -0.15) is 5.10 Å². The topological polar surface area (TPSA) is 73.8 Å². The number of ether oxygens (including phenoxy) is 1. The van der Waals surface area contributed by atoms with E-state index >= 15 is 0 Å². The van der Waals surface area contributed by atoms with E-state index in [1.807, 2.05) is 23.1 Å². The summed E-state index contributed by atoms with van der Waals surface area (Å²) in [4.78, 5) is 19.0. The first-order valence-electron chi connectivity index (χ1n) is 10.1. The first-order valence-corrected chi connectivity index (χ1v) is 10.1. The Hall–Kier alpha value is -2.87. The highest BCUT2D eigenvalue weighted by Gasteiger charge is 2.23. The number of piperazine rings is 1. The highest BCUT2D eigenvalue weighted by Crippen LogP contribution is 2.21. The van der Waals surface area contributed by atoms with Crippen LogP contribution in [0.4, 0.5) is 22.0 Å². The fourth-order valence-electron chi connectivity index (χ4n) is 3.65. The summed E-state index contributed by atoms with van der Waals surface area (Å²) < 4.78 is 5.41. The van der Waals surface area contributed by atoms with Crippen LogP contribution in [0.2, 0.25) is 0 Å². The van der Waals surface area contributed by atoms with Crippen LogP contribution >= 0.6 is 0 Å². The molecule has 8 heteroatoms. The number of hydrogen-bond donors (Lipinski definition) is 1. The molecular weight excluding hydrogens is 368 g/mol. The Morgan fingerprint density at radius 2 is 1.72 bits per heavy atom. The molecule has 29 heavy (non-hydrogen) atoms. The summed E-state index contributed by atoms with van der Waals surface area (Å²) >= 11 is 0. The van der Waals surface area contributed by atoms with Crippen molar-refractivity contribution in [1.29, 1.82) is 0 Å². The smallest absolute Gasteiger partial charge is 0.321 e. The molecule has 154 valence electrons. The van der Waals surface area contributed by atoms with E-state index in [1.165, 1.54) is 11.1 Å². The number of morpholine rings is 1. The van der Waals surface area contributed by atoms with Crippen molar-refractivity contribution in [2.24, 2.45) is 0 Å². The van der Waals surface area contributed by atoms with Crippen molar-refractivity contribution in [1.82, 2.24) is 15.1 Å². The molecule has 2 fully saturated rings. The zero-order valence-electron chi connectivity index (χ0n) is 17.1. The van der Waals surface area contributed by atoms with Crippen molar-refractivity contribution in [3.05, 3.63) is 41.6 Å². The maximum absolute atomic E-state index is 12.6. The van der Waals surface area contributed by atoms with Gasteiger partial charge in [-0.1, -0.05) is 6.07 Å². The Morgan fingerprint density at radius 3 is 2.45 bits per heavy atom. The number of aryl methyl sites for hydroxylation is 2. The Labute approximate surface area is 171 Å². The summed E-state index contributed by atoms with van der Waals surface area (Å²) in [5.74, 6) is 0.890. The third kappa shape index (κ3) is 4.59. The molecule has 1 N–H and O–H groups in total. The molecule has 8 nitrogen and oxygen atoms in total. The molecule has 0 bridgehead atoms. The van der Waals surface area contributed by atoms with E-state index in [-0.39, 0.29) is 6.03 Å². The molecule has 3 heterocycles. The molecule has 2 amide bonds. The van der Waals surface area contributed by atoms with Gasteiger partial charge in [0.1, 0.15) is 0 Å². The second-order valence-electron chi connectivity index (χ2n) is 7.57. The zero-order chi connectivity index (χ0) is 20.2. The lowest BCUT2D eigenvalue weighted by molar-refractivity contribution is 0.122. The number of carbonyl (C=O) groups excluding carboxylic acids is 1. The number of hydrogen-bond acceptors (Lipinski definition) is 6. The van der Waals surface area contributed by atoms with Gasteiger partial charge in [-0.3, -0.25) is 0 Å². The molecule has 0 radical (unpaired) electrons. The molecule has 2 saturated heterocycles. The predicted octanol–water partition coefficient (Wildman–Crippen LogP) is 2.28. The van der Waals surface area contributed by atoms with Crippen LogP contribution in [0.1, 0.15) is 11.1 Å². The Bertz CT molecular complexity index is 860. The summed E-state index contributed by atoms with van der Waals surface area (Å²) in [5, 5.41) is 11.5. The van der Waals surface area contributed by atoms with E-state index in [0.717, 1.165) is 56.6 Å². The van der Waals surface area contributed by atoms with E-state index < -0.39 is 0 Å². The van der Waals surface area contributed by atoms with Crippen LogP contribution in [0.25, 0.3) is 0 Å². The number of rotatable bonds is 3. The van der Waals surface area contributed by atoms with Gasteiger partial charge in [-0.15, -0.1) is 5.10 Å². The normalized spacial score (nSPS) is 17.4. The third-order valence-corrected chi connectivity index (χ3v) is 5.65. The average Bonchev–Trinajstić information content (AvgIpc) is 2.77. The summed E-state index contributed by atoms with van der Waals surface area (Å²) in [6.45, 7) is 10.1. The fraction of sp³-hybridized carbons (Fsp3) is 0.476. The van der Waals surface area contributed by atoms with Gasteiger partial charge in [-0.05, 0) is 37.1 Å². The SMILES string of the molecule is Cc1ccc(NC(=O)N2CCN(c3cnnc(N4CCOCC4)c3)CC2)cc1C. The van der Waals surface area contributed by atoms with Gasteiger partial charge in [0.25, 0.3) is 0 Å². The Kier molecular flexibility index (Phi) is 5.80. The number of nitrogens with zero attached hydrogens (tertiary/aromatic N) is 5. The molecule has 2 aliphatic rings. The van der Waals surface area contributed by atoms with Crippen molar-refractivity contribution in [3.8, 4) is 0 Å². The molecule has 0 atom stereocenters. The molecule has 4 rings (SSSR count). The second kappa shape index (κ2) is 8.65. The number of anilines is 3. The first kappa shape index (κ1) is 19.4. The average molecular weight is 396 g/mol. The van der Waals surface area contributed by atoms with E-state index in [1.54, 1.807) is 6.20 Å². The van der Waals surface area contributed by atoms with Gasteiger partial charge in [0.2, 0.25) is 0 Å². The van der Waals surface area contributed by atoms with Crippen LogP contribution in [0, 0.1) is 13.8 Å². The fourth-order valence-corrected chi connectivity index (χ4v) is 3.65. The molecule has 1 aromatic carbocycles. The summed E-state index contributed by atoms with van der Waals surface area (Å²) in [6.07, 6.45) is 1.80. The number of nitrogens with one attached hydrogen (secondary N) is 1. The molecule has 0 aliphatic carbocycles.